The number of hydrogen-bond acceptors (Lipinski definition) is 7. The summed E-state index contributed by atoms with van der Waals surface area (Å²) in [7, 11) is -0.581. The van der Waals surface area contributed by atoms with Crippen molar-refractivity contribution in [1.29, 1.82) is 5.41 Å². The molecule has 0 spiro atoms. The van der Waals surface area contributed by atoms with Crippen LogP contribution >= 0.6 is 10.0 Å². The topological polar surface area (TPSA) is 90.7 Å². The van der Waals surface area contributed by atoms with Crippen molar-refractivity contribution in [3.8, 4) is 0 Å². The first kappa shape index (κ1) is 24.5. The molecule has 32 heavy (non-hydrogen) atoms. The molecule has 0 bridgehead atoms. The standard InChI is InChI=1S/C24H36N4O3S/c1-32(2,3)15-14-31-18-27-22-5-4-19(7-11-29)16-21(22)24(25)20-6-8-26-23(17-20)28-9-12-30-13-10-28/h4-6,8,16-17,25,27,29H,7,9-15,18H2,1-3H3. The molecule has 0 radical (unpaired) electrons. The maximum Gasteiger partial charge on any atom is 0.129 e. The summed E-state index contributed by atoms with van der Waals surface area (Å²) in [5.41, 5.74) is 3.87. The van der Waals surface area contributed by atoms with Gasteiger partial charge in [-0.05, 0) is 55.0 Å². The zero-order valence-corrected chi connectivity index (χ0v) is 20.2. The Morgan fingerprint density at radius 1 is 1.22 bits per heavy atom. The molecule has 1 aromatic carbocycles. The zero-order valence-electron chi connectivity index (χ0n) is 19.4. The van der Waals surface area contributed by atoms with Gasteiger partial charge >= 0.3 is 0 Å². The fourth-order valence-electron chi connectivity index (χ4n) is 3.44. The molecule has 1 fully saturated rings. The van der Waals surface area contributed by atoms with E-state index in [2.05, 4.69) is 34.0 Å². The Morgan fingerprint density at radius 2 is 2.00 bits per heavy atom. The van der Waals surface area contributed by atoms with Gasteiger partial charge in [-0.1, -0.05) is 6.07 Å². The third kappa shape index (κ3) is 7.20. The first-order valence-corrected chi connectivity index (χ1v) is 14.0. The number of benzene rings is 1. The van der Waals surface area contributed by atoms with Gasteiger partial charge in [0, 0.05) is 48.5 Å². The van der Waals surface area contributed by atoms with Gasteiger partial charge in [0.15, 0.2) is 0 Å². The first-order valence-electron chi connectivity index (χ1n) is 11.0. The van der Waals surface area contributed by atoms with Crippen LogP contribution in [0.5, 0.6) is 0 Å². The molecule has 176 valence electrons. The van der Waals surface area contributed by atoms with E-state index in [9.17, 15) is 5.11 Å². The fourth-order valence-corrected chi connectivity index (χ4v) is 4.06. The molecule has 1 saturated heterocycles. The van der Waals surface area contributed by atoms with Crippen LogP contribution in [0, 0.1) is 5.41 Å². The number of morpholine rings is 1. The quantitative estimate of drug-likeness (QED) is 0.271. The van der Waals surface area contributed by atoms with Gasteiger partial charge in [0.25, 0.3) is 0 Å². The number of pyridine rings is 1. The molecule has 0 saturated carbocycles. The van der Waals surface area contributed by atoms with Crippen LogP contribution in [-0.2, 0) is 15.9 Å². The third-order valence-electron chi connectivity index (χ3n) is 5.33. The number of ether oxygens (including phenoxy) is 2. The molecule has 0 unspecified atom stereocenters. The Hall–Kier alpha value is -2.13. The van der Waals surface area contributed by atoms with Crippen molar-refractivity contribution >= 4 is 27.2 Å². The summed E-state index contributed by atoms with van der Waals surface area (Å²) in [6, 6.07) is 9.78. The van der Waals surface area contributed by atoms with Gasteiger partial charge in [0.2, 0.25) is 0 Å². The van der Waals surface area contributed by atoms with Crippen LogP contribution in [0.4, 0.5) is 11.5 Å². The minimum Gasteiger partial charge on any atom is -0.396 e. The Labute approximate surface area is 193 Å². The van der Waals surface area contributed by atoms with Gasteiger partial charge in [0.1, 0.15) is 12.5 Å². The van der Waals surface area contributed by atoms with Gasteiger partial charge in [-0.25, -0.2) is 15.0 Å². The van der Waals surface area contributed by atoms with Crippen molar-refractivity contribution in [2.24, 2.45) is 0 Å². The lowest BCUT2D eigenvalue weighted by Crippen LogP contribution is -2.36. The van der Waals surface area contributed by atoms with E-state index in [0.717, 1.165) is 47.0 Å². The average Bonchev–Trinajstić information content (AvgIpc) is 2.79. The lowest BCUT2D eigenvalue weighted by atomic mass is 9.98. The largest absolute Gasteiger partial charge is 0.396 e. The molecule has 0 amide bonds. The molecule has 3 rings (SSSR count). The Balaban J connectivity index is 1.76. The molecule has 1 aliphatic rings. The van der Waals surface area contributed by atoms with E-state index < -0.39 is 10.0 Å². The van der Waals surface area contributed by atoms with Crippen molar-refractivity contribution < 1.29 is 14.6 Å². The maximum absolute atomic E-state index is 9.37. The minimum absolute atomic E-state index is 0.0776. The summed E-state index contributed by atoms with van der Waals surface area (Å²) in [4.78, 5) is 6.69. The third-order valence-corrected chi connectivity index (χ3v) is 6.72. The average molecular weight is 461 g/mol. The summed E-state index contributed by atoms with van der Waals surface area (Å²) in [5, 5.41) is 21.6. The molecule has 8 heteroatoms. The number of anilines is 2. The molecule has 1 aliphatic heterocycles. The van der Waals surface area contributed by atoms with Crippen LogP contribution in [0.2, 0.25) is 0 Å². The number of nitrogens with zero attached hydrogens (tertiary/aromatic N) is 2. The molecule has 0 aliphatic carbocycles. The molecular weight excluding hydrogens is 424 g/mol. The Morgan fingerprint density at radius 3 is 2.72 bits per heavy atom. The number of hydrogen-bond donors (Lipinski definition) is 3. The maximum atomic E-state index is 9.37. The summed E-state index contributed by atoms with van der Waals surface area (Å²) < 4.78 is 11.2. The van der Waals surface area contributed by atoms with E-state index in [1.807, 2.05) is 30.3 Å². The van der Waals surface area contributed by atoms with Crippen LogP contribution < -0.4 is 10.2 Å². The molecule has 1 aromatic heterocycles. The second-order valence-corrected chi connectivity index (χ2v) is 13.3. The number of nitrogens with one attached hydrogen (secondary N) is 2. The van der Waals surface area contributed by atoms with Gasteiger partial charge in [-0.2, -0.15) is 0 Å². The molecule has 0 atom stereocenters. The van der Waals surface area contributed by atoms with E-state index in [1.165, 1.54) is 0 Å². The molecule has 2 heterocycles. The van der Waals surface area contributed by atoms with Crippen molar-refractivity contribution in [3.63, 3.8) is 0 Å². The summed E-state index contributed by atoms with van der Waals surface area (Å²) in [6.45, 7) is 4.17. The number of aromatic nitrogens is 1. The summed E-state index contributed by atoms with van der Waals surface area (Å²) in [5.74, 6) is 1.93. The van der Waals surface area contributed by atoms with Crippen molar-refractivity contribution in [2.75, 3.05) is 81.0 Å². The van der Waals surface area contributed by atoms with Gasteiger partial charge in [-0.3, -0.25) is 5.41 Å². The molecule has 3 N–H and O–H groups in total. The lowest BCUT2D eigenvalue weighted by molar-refractivity contribution is 0.122. The highest BCUT2D eigenvalue weighted by molar-refractivity contribution is 8.32. The highest BCUT2D eigenvalue weighted by atomic mass is 32.3. The lowest BCUT2D eigenvalue weighted by Gasteiger charge is -2.28. The van der Waals surface area contributed by atoms with Crippen LogP contribution in [0.1, 0.15) is 16.7 Å². The van der Waals surface area contributed by atoms with Crippen LogP contribution in [0.3, 0.4) is 0 Å². The zero-order chi connectivity index (χ0) is 23.0. The summed E-state index contributed by atoms with van der Waals surface area (Å²) >= 11 is 0. The van der Waals surface area contributed by atoms with E-state index in [0.29, 0.717) is 38.7 Å². The van der Waals surface area contributed by atoms with Gasteiger partial charge < -0.3 is 24.8 Å². The highest BCUT2D eigenvalue weighted by Gasteiger charge is 2.16. The number of rotatable bonds is 11. The Kier molecular flexibility index (Phi) is 8.92. The molecular formula is C24H36N4O3S. The van der Waals surface area contributed by atoms with Gasteiger partial charge in [-0.15, -0.1) is 0 Å². The van der Waals surface area contributed by atoms with Crippen LogP contribution in [0.15, 0.2) is 36.5 Å². The van der Waals surface area contributed by atoms with E-state index in [-0.39, 0.29) is 6.61 Å². The summed E-state index contributed by atoms with van der Waals surface area (Å²) in [6.07, 6.45) is 9.16. The Bertz CT molecular complexity index is 895. The monoisotopic (exact) mass is 460 g/mol. The van der Waals surface area contributed by atoms with Crippen molar-refractivity contribution in [1.82, 2.24) is 4.98 Å². The second kappa shape index (κ2) is 11.7. The molecule has 2 aromatic rings. The van der Waals surface area contributed by atoms with Crippen LogP contribution in [0.25, 0.3) is 0 Å². The fraction of sp³-hybridized carbons (Fsp3) is 0.500. The van der Waals surface area contributed by atoms with E-state index >= 15 is 0 Å². The van der Waals surface area contributed by atoms with E-state index in [1.54, 1.807) is 6.20 Å². The van der Waals surface area contributed by atoms with Crippen LogP contribution in [-0.4, -0.2) is 86.6 Å². The van der Waals surface area contributed by atoms with E-state index in [4.69, 9.17) is 14.9 Å². The highest BCUT2D eigenvalue weighted by Crippen LogP contribution is 2.33. The minimum atomic E-state index is -0.581. The normalized spacial score (nSPS) is 14.9. The van der Waals surface area contributed by atoms with Gasteiger partial charge in [0.05, 0.1) is 25.5 Å². The van der Waals surface area contributed by atoms with Crippen molar-refractivity contribution in [3.05, 3.63) is 53.2 Å². The second-order valence-electron chi connectivity index (χ2n) is 8.75. The first-order chi connectivity index (χ1) is 15.4. The predicted molar refractivity (Wildman–Crippen MR) is 135 cm³/mol. The molecule has 7 nitrogen and oxygen atoms in total. The smallest absolute Gasteiger partial charge is 0.129 e. The predicted octanol–water partition coefficient (Wildman–Crippen LogP) is 2.95. The SMILES string of the molecule is CS(C)(C)CCOCNc1ccc(CCO)cc1C(=N)c1ccnc(N2CCOCC2)c1. The van der Waals surface area contributed by atoms with Crippen molar-refractivity contribution in [2.45, 2.75) is 6.42 Å². The number of aliphatic hydroxyl groups is 1. The number of aliphatic hydroxyl groups excluding tert-OH is 1.